The van der Waals surface area contributed by atoms with E-state index in [1.165, 1.54) is 33.5 Å². The second kappa shape index (κ2) is 8.04. The summed E-state index contributed by atoms with van der Waals surface area (Å²) in [6.45, 7) is 0. The molecule has 0 bridgehead atoms. The van der Waals surface area contributed by atoms with Crippen LogP contribution in [0.5, 0.6) is 23.0 Å². The number of nitrogens with one attached hydrogen (secondary N) is 2. The molecule has 0 radical (unpaired) electrons. The third-order valence-electron chi connectivity index (χ3n) is 3.20. The molecule has 134 valence electrons. The summed E-state index contributed by atoms with van der Waals surface area (Å²) in [7, 11) is 4.41. The lowest BCUT2D eigenvalue weighted by molar-refractivity contribution is 0.262. The molecular weight excluding hydrogens is 371 g/mol. The third-order valence-corrected chi connectivity index (χ3v) is 3.71. The second-order valence-electron chi connectivity index (χ2n) is 4.78. The van der Waals surface area contributed by atoms with Gasteiger partial charge in [-0.3, -0.25) is 0 Å². The van der Waals surface area contributed by atoms with E-state index in [0.29, 0.717) is 22.9 Å². The summed E-state index contributed by atoms with van der Waals surface area (Å²) in [5.41, 5.74) is 0.460. The Balaban J connectivity index is 2.24. The number of anilines is 2. The molecule has 0 unspecified atom stereocenters. The van der Waals surface area contributed by atoms with Gasteiger partial charge in [0, 0.05) is 17.2 Å². The molecule has 0 heterocycles. The monoisotopic (exact) mass is 386 g/mol. The van der Waals surface area contributed by atoms with Crippen molar-refractivity contribution in [2.24, 2.45) is 0 Å². The largest absolute Gasteiger partial charge is 0.504 e. The van der Waals surface area contributed by atoms with Gasteiger partial charge in [-0.25, -0.2) is 4.79 Å². The van der Waals surface area contributed by atoms with E-state index in [1.807, 2.05) is 0 Å². The van der Waals surface area contributed by atoms with E-state index >= 15 is 0 Å². The predicted octanol–water partition coefficient (Wildman–Crippen LogP) is 4.37. The number of benzene rings is 2. The van der Waals surface area contributed by atoms with E-state index in [1.54, 1.807) is 12.1 Å². The summed E-state index contributed by atoms with van der Waals surface area (Å²) in [6, 6.07) is 5.23. The number of hydrogen-bond acceptors (Lipinski definition) is 5. The minimum absolute atomic E-state index is 0.0237. The fraction of sp³-hybridized carbons (Fsp3) is 0.188. The molecule has 0 atom stereocenters. The molecule has 0 saturated carbocycles. The summed E-state index contributed by atoms with van der Waals surface area (Å²) >= 11 is 11.7. The van der Waals surface area contributed by atoms with Gasteiger partial charge in [-0.2, -0.15) is 0 Å². The summed E-state index contributed by atoms with van der Waals surface area (Å²) in [4.78, 5) is 12.2. The zero-order valence-electron chi connectivity index (χ0n) is 13.6. The molecule has 2 aromatic carbocycles. The summed E-state index contributed by atoms with van der Waals surface area (Å²) in [5, 5.41) is 15.2. The highest BCUT2D eigenvalue weighted by Gasteiger charge is 2.16. The zero-order valence-corrected chi connectivity index (χ0v) is 15.2. The van der Waals surface area contributed by atoms with Gasteiger partial charge in [0.05, 0.1) is 37.7 Å². The number of carbonyl (C=O) groups is 1. The molecule has 0 aliphatic heterocycles. The Labute approximate surface area is 154 Å². The average molecular weight is 387 g/mol. The lowest BCUT2D eigenvalue weighted by atomic mass is 10.2. The number of aromatic hydroxyl groups is 1. The molecular formula is C16H16Cl2N2O5. The molecule has 0 aliphatic rings. The van der Waals surface area contributed by atoms with E-state index in [4.69, 9.17) is 37.4 Å². The summed E-state index contributed by atoms with van der Waals surface area (Å²) < 4.78 is 15.7. The fourth-order valence-corrected chi connectivity index (χ4v) is 2.59. The van der Waals surface area contributed by atoms with Gasteiger partial charge >= 0.3 is 6.03 Å². The lowest BCUT2D eigenvalue weighted by Gasteiger charge is -2.15. The Morgan fingerprint density at radius 3 is 2.08 bits per heavy atom. The number of urea groups is 1. The lowest BCUT2D eigenvalue weighted by Crippen LogP contribution is -2.19. The standard InChI is InChI=1S/C16H16Cl2N2O5/c1-23-12-6-9(7-13(24-2)15(12)25-3)19-16(22)20-11-5-8(17)4-10(18)14(11)21/h4-7,21H,1-3H3,(H2,19,20,22). The molecule has 2 aromatic rings. The van der Waals surface area contributed by atoms with E-state index in [2.05, 4.69) is 10.6 Å². The van der Waals surface area contributed by atoms with E-state index < -0.39 is 6.03 Å². The minimum Gasteiger partial charge on any atom is -0.504 e. The predicted molar refractivity (Wildman–Crippen MR) is 96.9 cm³/mol. The maximum atomic E-state index is 12.2. The Hall–Kier alpha value is -2.51. The quantitative estimate of drug-likeness (QED) is 0.663. The van der Waals surface area contributed by atoms with Gasteiger partial charge in [-0.1, -0.05) is 23.2 Å². The Kier molecular flexibility index (Phi) is 6.06. The van der Waals surface area contributed by atoms with Crippen LogP contribution in [-0.4, -0.2) is 32.5 Å². The molecule has 0 aromatic heterocycles. The maximum absolute atomic E-state index is 12.2. The first kappa shape index (κ1) is 18.8. The number of amides is 2. The molecule has 25 heavy (non-hydrogen) atoms. The van der Waals surface area contributed by atoms with E-state index in [9.17, 15) is 9.90 Å². The van der Waals surface area contributed by atoms with Crippen LogP contribution in [0, 0.1) is 0 Å². The van der Waals surface area contributed by atoms with Crippen molar-refractivity contribution in [3.05, 3.63) is 34.3 Å². The number of ether oxygens (including phenoxy) is 3. The number of rotatable bonds is 5. The first-order chi connectivity index (χ1) is 11.9. The molecule has 0 aliphatic carbocycles. The van der Waals surface area contributed by atoms with Crippen molar-refractivity contribution < 1.29 is 24.1 Å². The normalized spacial score (nSPS) is 10.1. The molecule has 9 heteroatoms. The maximum Gasteiger partial charge on any atom is 0.323 e. The second-order valence-corrected chi connectivity index (χ2v) is 5.62. The van der Waals surface area contributed by atoms with Gasteiger partial charge in [0.2, 0.25) is 5.75 Å². The zero-order chi connectivity index (χ0) is 18.6. The van der Waals surface area contributed by atoms with Crippen molar-refractivity contribution in [1.29, 1.82) is 0 Å². The minimum atomic E-state index is -0.622. The van der Waals surface area contributed by atoms with E-state index in [-0.39, 0.29) is 21.5 Å². The van der Waals surface area contributed by atoms with Crippen LogP contribution in [0.3, 0.4) is 0 Å². The Bertz CT molecular complexity index is 773. The molecule has 7 nitrogen and oxygen atoms in total. The van der Waals surface area contributed by atoms with Crippen LogP contribution in [0.25, 0.3) is 0 Å². The van der Waals surface area contributed by atoms with Gasteiger partial charge in [0.25, 0.3) is 0 Å². The molecule has 0 spiro atoms. The Morgan fingerprint density at radius 2 is 1.56 bits per heavy atom. The number of phenolic OH excluding ortho intramolecular Hbond substituents is 1. The first-order valence-corrected chi connectivity index (χ1v) is 7.71. The number of carbonyl (C=O) groups excluding carboxylic acids is 1. The number of phenols is 1. The molecule has 0 saturated heterocycles. The SMILES string of the molecule is COc1cc(NC(=O)Nc2cc(Cl)cc(Cl)c2O)cc(OC)c1OC. The van der Waals surface area contributed by atoms with Crippen LogP contribution >= 0.6 is 23.2 Å². The number of halogens is 2. The van der Waals surface area contributed by atoms with Gasteiger partial charge in [-0.05, 0) is 12.1 Å². The number of hydrogen-bond donors (Lipinski definition) is 3. The fourth-order valence-electron chi connectivity index (χ4n) is 2.10. The highest BCUT2D eigenvalue weighted by molar-refractivity contribution is 6.36. The number of methoxy groups -OCH3 is 3. The van der Waals surface area contributed by atoms with Crippen LogP contribution in [0.1, 0.15) is 0 Å². The summed E-state index contributed by atoms with van der Waals surface area (Å²) in [5.74, 6) is 0.873. The van der Waals surface area contributed by atoms with Gasteiger partial charge in [0.15, 0.2) is 17.2 Å². The van der Waals surface area contributed by atoms with Crippen molar-refractivity contribution >= 4 is 40.6 Å². The highest BCUT2D eigenvalue weighted by Crippen LogP contribution is 2.40. The topological polar surface area (TPSA) is 89.1 Å². The van der Waals surface area contributed by atoms with Crippen LogP contribution in [0.15, 0.2) is 24.3 Å². The molecule has 3 N–H and O–H groups in total. The van der Waals surface area contributed by atoms with Gasteiger partial charge in [-0.15, -0.1) is 0 Å². The van der Waals surface area contributed by atoms with E-state index in [0.717, 1.165) is 0 Å². The van der Waals surface area contributed by atoms with Gasteiger partial charge in [0.1, 0.15) is 0 Å². The van der Waals surface area contributed by atoms with Crippen LogP contribution in [-0.2, 0) is 0 Å². The first-order valence-electron chi connectivity index (χ1n) is 6.95. The highest BCUT2D eigenvalue weighted by atomic mass is 35.5. The Morgan fingerprint density at radius 1 is 0.960 bits per heavy atom. The average Bonchev–Trinajstić information content (AvgIpc) is 2.58. The summed E-state index contributed by atoms with van der Waals surface area (Å²) in [6.07, 6.45) is 0. The third kappa shape index (κ3) is 4.32. The van der Waals surface area contributed by atoms with Gasteiger partial charge < -0.3 is 30.0 Å². The smallest absolute Gasteiger partial charge is 0.323 e. The van der Waals surface area contributed by atoms with Crippen molar-refractivity contribution in [2.45, 2.75) is 0 Å². The van der Waals surface area contributed by atoms with Crippen LogP contribution in [0.4, 0.5) is 16.2 Å². The van der Waals surface area contributed by atoms with Crippen LogP contribution in [0.2, 0.25) is 10.0 Å². The van der Waals surface area contributed by atoms with Crippen molar-refractivity contribution in [2.75, 3.05) is 32.0 Å². The molecule has 0 fully saturated rings. The van der Waals surface area contributed by atoms with Crippen LogP contribution < -0.4 is 24.8 Å². The molecule has 2 amide bonds. The van der Waals surface area contributed by atoms with Crippen molar-refractivity contribution in [3.8, 4) is 23.0 Å². The molecule has 2 rings (SSSR count). The van der Waals surface area contributed by atoms with Crippen molar-refractivity contribution in [1.82, 2.24) is 0 Å². The van der Waals surface area contributed by atoms with Crippen molar-refractivity contribution in [3.63, 3.8) is 0 Å².